The first-order valence-electron chi connectivity index (χ1n) is 10.3. The van der Waals surface area contributed by atoms with Crippen LogP contribution in [0.2, 0.25) is 0 Å². The lowest BCUT2D eigenvalue weighted by Gasteiger charge is -2.24. The summed E-state index contributed by atoms with van der Waals surface area (Å²) >= 11 is 0. The van der Waals surface area contributed by atoms with E-state index >= 15 is 0 Å². The third-order valence-electron chi connectivity index (χ3n) is 4.50. The number of sulfonamides is 2. The maximum atomic E-state index is 14.6. The van der Waals surface area contributed by atoms with E-state index in [0.29, 0.717) is 0 Å². The highest BCUT2D eigenvalue weighted by molar-refractivity contribution is 8.10. The van der Waals surface area contributed by atoms with Gasteiger partial charge in [0.2, 0.25) is 20.0 Å². The van der Waals surface area contributed by atoms with Gasteiger partial charge in [-0.1, -0.05) is 19.9 Å². The Labute approximate surface area is 206 Å². The highest BCUT2D eigenvalue weighted by Gasteiger charge is 2.36. The van der Waals surface area contributed by atoms with Crippen molar-refractivity contribution in [1.82, 2.24) is 0 Å². The summed E-state index contributed by atoms with van der Waals surface area (Å²) in [5.74, 6) is -8.04. The fourth-order valence-electron chi connectivity index (χ4n) is 2.98. The van der Waals surface area contributed by atoms with Gasteiger partial charge < -0.3 is 15.9 Å². The quantitative estimate of drug-likeness (QED) is 0.393. The van der Waals surface area contributed by atoms with Crippen LogP contribution in [0, 0.1) is 24.4 Å². The van der Waals surface area contributed by atoms with Gasteiger partial charge in [0, 0.05) is 0 Å². The fraction of sp³-hybridized carbons (Fsp3) is 0.333. The summed E-state index contributed by atoms with van der Waals surface area (Å²) < 4.78 is 89.6. The van der Waals surface area contributed by atoms with Crippen LogP contribution in [0.4, 0.5) is 24.5 Å². The predicted octanol–water partition coefficient (Wildman–Crippen LogP) is 3.36. The second kappa shape index (κ2) is 12.1. The molecule has 0 unspecified atom stereocenters. The third kappa shape index (κ3) is 6.87. The van der Waals surface area contributed by atoms with E-state index in [4.69, 9.17) is 15.9 Å². The first-order valence-corrected chi connectivity index (χ1v) is 13.5. The van der Waals surface area contributed by atoms with Gasteiger partial charge in [0.15, 0.2) is 11.6 Å². The summed E-state index contributed by atoms with van der Waals surface area (Å²) in [7, 11) is -8.74. The molecular weight excluding hydrogens is 529 g/mol. The molecule has 0 fully saturated rings. The molecule has 36 heavy (non-hydrogen) atoms. The average molecular weight is 555 g/mol. The summed E-state index contributed by atoms with van der Waals surface area (Å²) in [6, 6.07) is 3.92. The molecule has 0 saturated carbocycles. The van der Waals surface area contributed by atoms with E-state index in [0.717, 1.165) is 18.2 Å². The molecule has 0 bridgehead atoms. The SMILES string of the molecule is CCCS(=O)(=O)N(c1ccc(C)c(C(=O)O)c1F)S(=O)(=O)CCC.Nc1ccc(F)c(C(=O)O)c1F. The van der Waals surface area contributed by atoms with Gasteiger partial charge >= 0.3 is 11.9 Å². The van der Waals surface area contributed by atoms with Crippen LogP contribution in [0.25, 0.3) is 0 Å². The number of hydrogen-bond donors (Lipinski definition) is 3. The standard InChI is InChI=1S/C14H20FNO6S2.C7H5F2NO2/c1-4-8-23(19,20)16(24(21,22)9-5-2)11-7-6-10(3)12(13(11)15)14(17)18;8-3-1-2-4(10)6(9)5(3)7(11)12/h6-7H,4-5,8-9H2,1-3H3,(H,17,18);1-2H,10H2,(H,11,12). The number of nitrogens with zero attached hydrogens (tertiary/aromatic N) is 1. The Kier molecular flexibility index (Phi) is 10.3. The van der Waals surface area contributed by atoms with Crippen molar-refractivity contribution in [2.45, 2.75) is 33.6 Å². The maximum absolute atomic E-state index is 14.6. The second-order valence-corrected chi connectivity index (χ2v) is 11.5. The number of nitrogen functional groups attached to an aromatic ring is 1. The summed E-state index contributed by atoms with van der Waals surface area (Å²) in [5.41, 5.74) is 2.14. The summed E-state index contributed by atoms with van der Waals surface area (Å²) in [6.45, 7) is 4.41. The molecule has 2 rings (SSSR count). The fourth-order valence-corrected chi connectivity index (χ4v) is 7.06. The number of hydrogen-bond acceptors (Lipinski definition) is 7. The molecule has 0 amide bonds. The molecule has 0 radical (unpaired) electrons. The van der Waals surface area contributed by atoms with Crippen molar-refractivity contribution in [1.29, 1.82) is 0 Å². The average Bonchev–Trinajstić information content (AvgIpc) is 2.72. The lowest BCUT2D eigenvalue weighted by atomic mass is 10.1. The van der Waals surface area contributed by atoms with Crippen LogP contribution in [0.5, 0.6) is 0 Å². The first-order chi connectivity index (χ1) is 16.5. The Hall–Kier alpha value is -3.33. The van der Waals surface area contributed by atoms with E-state index in [9.17, 15) is 39.6 Å². The normalized spacial score (nSPS) is 11.4. The van der Waals surface area contributed by atoms with Crippen molar-refractivity contribution in [3.8, 4) is 0 Å². The van der Waals surface area contributed by atoms with Crippen LogP contribution in [0.15, 0.2) is 24.3 Å². The van der Waals surface area contributed by atoms with E-state index in [1.807, 2.05) is 0 Å². The van der Waals surface area contributed by atoms with Crippen LogP contribution < -0.4 is 9.44 Å². The zero-order valence-electron chi connectivity index (χ0n) is 19.5. The number of halogens is 3. The molecule has 0 saturated heterocycles. The zero-order valence-corrected chi connectivity index (χ0v) is 21.1. The number of benzene rings is 2. The van der Waals surface area contributed by atoms with Gasteiger partial charge in [0.1, 0.15) is 22.6 Å². The minimum Gasteiger partial charge on any atom is -0.478 e. The minimum absolute atomic E-state index is 0.0359. The predicted molar refractivity (Wildman–Crippen MR) is 126 cm³/mol. The Morgan fingerprint density at radius 3 is 1.69 bits per heavy atom. The van der Waals surface area contributed by atoms with Crippen molar-refractivity contribution < 1.29 is 49.8 Å². The molecular formula is C21H25F3N2O8S2. The van der Waals surface area contributed by atoms with E-state index in [-0.39, 0.29) is 27.8 Å². The van der Waals surface area contributed by atoms with E-state index in [1.54, 1.807) is 0 Å². The Bertz CT molecular complexity index is 1330. The largest absolute Gasteiger partial charge is 0.478 e. The van der Waals surface area contributed by atoms with E-state index in [2.05, 4.69) is 0 Å². The molecule has 0 aliphatic heterocycles. The molecule has 0 heterocycles. The molecule has 0 spiro atoms. The van der Waals surface area contributed by atoms with Crippen molar-refractivity contribution in [2.24, 2.45) is 0 Å². The third-order valence-corrected chi connectivity index (χ3v) is 9.12. The molecule has 0 aliphatic carbocycles. The molecule has 2 aromatic carbocycles. The highest BCUT2D eigenvalue weighted by atomic mass is 32.3. The Morgan fingerprint density at radius 2 is 1.31 bits per heavy atom. The van der Waals surface area contributed by atoms with Gasteiger partial charge in [-0.2, -0.15) is 3.71 Å². The van der Waals surface area contributed by atoms with Crippen molar-refractivity contribution in [3.63, 3.8) is 0 Å². The van der Waals surface area contributed by atoms with Crippen molar-refractivity contribution in [3.05, 3.63) is 58.4 Å². The van der Waals surface area contributed by atoms with Crippen molar-refractivity contribution >= 4 is 43.4 Å². The highest BCUT2D eigenvalue weighted by Crippen LogP contribution is 2.30. The topological polar surface area (TPSA) is 172 Å². The van der Waals surface area contributed by atoms with Crippen LogP contribution in [-0.2, 0) is 20.0 Å². The molecule has 0 atom stereocenters. The Balaban J connectivity index is 0.000000450. The number of carbonyl (C=O) groups is 2. The summed E-state index contributed by atoms with van der Waals surface area (Å²) in [4.78, 5) is 21.5. The van der Waals surface area contributed by atoms with Gasteiger partial charge in [-0.05, 0) is 43.5 Å². The number of carboxylic acid groups (broad SMARTS) is 2. The van der Waals surface area contributed by atoms with Gasteiger partial charge in [-0.3, -0.25) is 0 Å². The van der Waals surface area contributed by atoms with Gasteiger partial charge in [-0.25, -0.2) is 39.6 Å². The minimum atomic E-state index is -4.37. The van der Waals surface area contributed by atoms with Crippen LogP contribution in [0.1, 0.15) is 53.0 Å². The van der Waals surface area contributed by atoms with Crippen LogP contribution in [0.3, 0.4) is 0 Å². The van der Waals surface area contributed by atoms with Crippen LogP contribution in [-0.4, -0.2) is 50.5 Å². The molecule has 15 heteroatoms. The maximum Gasteiger partial charge on any atom is 0.341 e. The number of rotatable bonds is 9. The number of anilines is 2. The lowest BCUT2D eigenvalue weighted by molar-refractivity contribution is 0.0677. The molecule has 10 nitrogen and oxygen atoms in total. The summed E-state index contributed by atoms with van der Waals surface area (Å²) in [5, 5.41) is 17.4. The smallest absolute Gasteiger partial charge is 0.341 e. The van der Waals surface area contributed by atoms with E-state index < -0.39 is 77.8 Å². The molecule has 200 valence electrons. The number of aromatic carboxylic acids is 2. The molecule has 2 aromatic rings. The first kappa shape index (κ1) is 30.7. The monoisotopic (exact) mass is 554 g/mol. The number of carboxylic acids is 2. The van der Waals surface area contributed by atoms with Crippen LogP contribution >= 0.6 is 0 Å². The van der Waals surface area contributed by atoms with E-state index in [1.165, 1.54) is 26.8 Å². The number of aryl methyl sites for hydroxylation is 1. The Morgan fingerprint density at radius 1 is 0.833 bits per heavy atom. The number of nitrogens with two attached hydrogens (primary N) is 1. The van der Waals surface area contributed by atoms with Gasteiger partial charge in [0.25, 0.3) is 0 Å². The second-order valence-electron chi connectivity index (χ2n) is 7.36. The van der Waals surface area contributed by atoms with Gasteiger partial charge in [0.05, 0.1) is 17.2 Å². The van der Waals surface area contributed by atoms with Gasteiger partial charge in [-0.15, -0.1) is 0 Å². The molecule has 0 aliphatic rings. The summed E-state index contributed by atoms with van der Waals surface area (Å²) in [6.07, 6.45) is 0.249. The molecule has 4 N–H and O–H groups in total. The lowest BCUT2D eigenvalue weighted by Crippen LogP contribution is -2.40. The zero-order chi connectivity index (χ0) is 28.0. The van der Waals surface area contributed by atoms with Crippen molar-refractivity contribution in [2.75, 3.05) is 20.9 Å². The molecule has 0 aromatic heterocycles.